The summed E-state index contributed by atoms with van der Waals surface area (Å²) in [6.07, 6.45) is 1.22. The summed E-state index contributed by atoms with van der Waals surface area (Å²) in [7, 11) is 0. The number of rotatable bonds is 4. The molecule has 0 radical (unpaired) electrons. The second-order valence-electron chi connectivity index (χ2n) is 6.41. The minimum Gasteiger partial charge on any atom is -0.444 e. The van der Waals surface area contributed by atoms with Crippen LogP contribution < -0.4 is 0 Å². The maximum atomic E-state index is 12.4. The molecule has 1 heterocycles. The molecular formula is C15H28N2O4. The van der Waals surface area contributed by atoms with Crippen molar-refractivity contribution in [3.8, 4) is 0 Å². The third kappa shape index (κ3) is 5.53. The zero-order chi connectivity index (χ0) is 16.0. The molecule has 0 bridgehead atoms. The highest BCUT2D eigenvalue weighted by Gasteiger charge is 2.32. The number of nitrogens with zero attached hydrogens (tertiary/aromatic N) is 2. The van der Waals surface area contributed by atoms with E-state index in [0.29, 0.717) is 26.2 Å². The molecule has 0 aromatic rings. The summed E-state index contributed by atoms with van der Waals surface area (Å²) in [4.78, 5) is 27.8. The number of hydrogen-bond donors (Lipinski definition) is 1. The van der Waals surface area contributed by atoms with E-state index in [4.69, 9.17) is 9.84 Å². The van der Waals surface area contributed by atoms with Crippen LogP contribution in [0.5, 0.6) is 0 Å². The van der Waals surface area contributed by atoms with Gasteiger partial charge in [-0.15, -0.1) is 0 Å². The number of likely N-dealkylation sites (tertiary alicyclic amines) is 1. The monoisotopic (exact) mass is 300 g/mol. The van der Waals surface area contributed by atoms with E-state index in [9.17, 15) is 9.59 Å². The topological polar surface area (TPSA) is 70.1 Å². The number of carbonyl (C=O) groups excluding carboxylic acids is 2. The number of ether oxygens (including phenoxy) is 1. The number of hydrogen-bond acceptors (Lipinski definition) is 4. The highest BCUT2D eigenvalue weighted by Crippen LogP contribution is 2.21. The van der Waals surface area contributed by atoms with E-state index in [1.54, 1.807) is 9.80 Å². The van der Waals surface area contributed by atoms with Crippen molar-refractivity contribution in [3.63, 3.8) is 0 Å². The Labute approximate surface area is 127 Å². The van der Waals surface area contributed by atoms with Crippen LogP contribution >= 0.6 is 0 Å². The molecule has 2 amide bonds. The van der Waals surface area contributed by atoms with Gasteiger partial charge in [-0.1, -0.05) is 0 Å². The number of aliphatic hydroxyl groups excluding tert-OH is 1. The lowest BCUT2D eigenvalue weighted by Gasteiger charge is -2.35. The Bertz CT molecular complexity index is 365. The van der Waals surface area contributed by atoms with Crippen LogP contribution in [0.25, 0.3) is 0 Å². The standard InChI is InChI=1S/C15H28N2O4/c1-5-16(9-10-18)13(19)12-7-6-8-17(11-12)14(20)21-15(2,3)4/h12,18H,5-11H2,1-4H3. The quantitative estimate of drug-likeness (QED) is 0.853. The van der Waals surface area contributed by atoms with E-state index in [1.165, 1.54) is 0 Å². The predicted molar refractivity (Wildman–Crippen MR) is 79.9 cm³/mol. The fourth-order valence-corrected chi connectivity index (χ4v) is 2.47. The third-order valence-corrected chi connectivity index (χ3v) is 3.49. The molecule has 0 aliphatic carbocycles. The van der Waals surface area contributed by atoms with Crippen LogP contribution in [0, 0.1) is 5.92 Å². The molecule has 21 heavy (non-hydrogen) atoms. The van der Waals surface area contributed by atoms with Crippen molar-refractivity contribution < 1.29 is 19.4 Å². The minimum absolute atomic E-state index is 0.0137. The number of aliphatic hydroxyl groups is 1. The normalized spacial score (nSPS) is 19.3. The predicted octanol–water partition coefficient (Wildman–Crippen LogP) is 1.47. The molecule has 6 heteroatoms. The molecule has 0 spiro atoms. The molecule has 1 rings (SSSR count). The Morgan fingerprint density at radius 1 is 1.38 bits per heavy atom. The molecule has 1 saturated heterocycles. The maximum Gasteiger partial charge on any atom is 0.410 e. The number of amides is 2. The number of piperidine rings is 1. The summed E-state index contributed by atoms with van der Waals surface area (Å²) in [5.41, 5.74) is -0.527. The van der Waals surface area contributed by atoms with Gasteiger partial charge < -0.3 is 19.6 Å². The summed E-state index contributed by atoms with van der Waals surface area (Å²) in [5.74, 6) is -0.183. The Hall–Kier alpha value is -1.30. The van der Waals surface area contributed by atoms with Crippen LogP contribution in [-0.4, -0.2) is 65.3 Å². The summed E-state index contributed by atoms with van der Waals surface area (Å²) in [5, 5.41) is 9.00. The molecule has 122 valence electrons. The van der Waals surface area contributed by atoms with Crippen molar-refractivity contribution in [2.75, 3.05) is 32.8 Å². The van der Waals surface area contributed by atoms with Crippen molar-refractivity contribution >= 4 is 12.0 Å². The Kier molecular flexibility index (Phi) is 6.45. The van der Waals surface area contributed by atoms with Crippen LogP contribution in [0.4, 0.5) is 4.79 Å². The van der Waals surface area contributed by atoms with E-state index in [2.05, 4.69) is 0 Å². The first kappa shape index (κ1) is 17.8. The van der Waals surface area contributed by atoms with Crippen molar-refractivity contribution in [1.29, 1.82) is 0 Å². The molecule has 6 nitrogen and oxygen atoms in total. The van der Waals surface area contributed by atoms with E-state index >= 15 is 0 Å². The van der Waals surface area contributed by atoms with Gasteiger partial charge in [-0.05, 0) is 40.5 Å². The highest BCUT2D eigenvalue weighted by molar-refractivity contribution is 5.80. The van der Waals surface area contributed by atoms with Crippen LogP contribution in [0.15, 0.2) is 0 Å². The van der Waals surface area contributed by atoms with E-state index < -0.39 is 5.60 Å². The zero-order valence-electron chi connectivity index (χ0n) is 13.6. The number of likely N-dealkylation sites (N-methyl/N-ethyl adjacent to an activating group) is 1. The maximum absolute atomic E-state index is 12.4. The van der Waals surface area contributed by atoms with Crippen LogP contribution in [0.2, 0.25) is 0 Å². The molecule has 1 atom stereocenters. The first-order chi connectivity index (χ1) is 9.78. The molecule has 0 aromatic carbocycles. The van der Waals surface area contributed by atoms with Gasteiger partial charge in [0.05, 0.1) is 12.5 Å². The average Bonchev–Trinajstić information content (AvgIpc) is 2.42. The summed E-state index contributed by atoms with van der Waals surface area (Å²) in [6.45, 7) is 9.29. The third-order valence-electron chi connectivity index (χ3n) is 3.49. The number of carbonyl (C=O) groups is 2. The molecule has 1 fully saturated rings. The molecule has 0 saturated carbocycles. The summed E-state index contributed by atoms with van der Waals surface area (Å²) in [6, 6.07) is 0. The van der Waals surface area contributed by atoms with E-state index in [1.807, 2.05) is 27.7 Å². The van der Waals surface area contributed by atoms with Crippen molar-refractivity contribution in [2.45, 2.75) is 46.1 Å². The molecular weight excluding hydrogens is 272 g/mol. The molecule has 1 N–H and O–H groups in total. The smallest absolute Gasteiger partial charge is 0.410 e. The lowest BCUT2D eigenvalue weighted by atomic mass is 9.96. The molecule has 0 aromatic heterocycles. The van der Waals surface area contributed by atoms with Crippen molar-refractivity contribution in [3.05, 3.63) is 0 Å². The van der Waals surface area contributed by atoms with Gasteiger partial charge in [0.2, 0.25) is 5.91 Å². The Morgan fingerprint density at radius 2 is 2.05 bits per heavy atom. The summed E-state index contributed by atoms with van der Waals surface area (Å²) >= 11 is 0. The highest BCUT2D eigenvalue weighted by atomic mass is 16.6. The van der Waals surface area contributed by atoms with Gasteiger partial charge in [0.15, 0.2) is 0 Å². The van der Waals surface area contributed by atoms with Gasteiger partial charge in [-0.3, -0.25) is 4.79 Å². The van der Waals surface area contributed by atoms with Gasteiger partial charge >= 0.3 is 6.09 Å². The SMILES string of the molecule is CCN(CCO)C(=O)C1CCCN(C(=O)OC(C)(C)C)C1. The van der Waals surface area contributed by atoms with Crippen molar-refractivity contribution in [2.24, 2.45) is 5.92 Å². The lowest BCUT2D eigenvalue weighted by molar-refractivity contribution is -0.137. The van der Waals surface area contributed by atoms with Gasteiger partial charge in [0, 0.05) is 26.2 Å². The average molecular weight is 300 g/mol. The fraction of sp³-hybridized carbons (Fsp3) is 0.867. The van der Waals surface area contributed by atoms with E-state index in [-0.39, 0.29) is 24.5 Å². The van der Waals surface area contributed by atoms with Gasteiger partial charge in [0.1, 0.15) is 5.60 Å². The van der Waals surface area contributed by atoms with Crippen LogP contribution in [0.3, 0.4) is 0 Å². The van der Waals surface area contributed by atoms with Crippen molar-refractivity contribution in [1.82, 2.24) is 9.80 Å². The molecule has 1 aliphatic rings. The zero-order valence-corrected chi connectivity index (χ0v) is 13.6. The largest absolute Gasteiger partial charge is 0.444 e. The second kappa shape index (κ2) is 7.64. The van der Waals surface area contributed by atoms with Crippen LogP contribution in [0.1, 0.15) is 40.5 Å². The molecule has 1 unspecified atom stereocenters. The first-order valence-electron chi connectivity index (χ1n) is 7.66. The Balaban J connectivity index is 2.63. The molecule has 1 aliphatic heterocycles. The first-order valence-corrected chi connectivity index (χ1v) is 7.66. The summed E-state index contributed by atoms with van der Waals surface area (Å²) < 4.78 is 5.36. The van der Waals surface area contributed by atoms with E-state index in [0.717, 1.165) is 12.8 Å². The van der Waals surface area contributed by atoms with Gasteiger partial charge in [0.25, 0.3) is 0 Å². The lowest BCUT2D eigenvalue weighted by Crippen LogP contribution is -2.48. The van der Waals surface area contributed by atoms with Crippen LogP contribution in [-0.2, 0) is 9.53 Å². The fourth-order valence-electron chi connectivity index (χ4n) is 2.47. The van der Waals surface area contributed by atoms with Gasteiger partial charge in [-0.25, -0.2) is 4.79 Å². The van der Waals surface area contributed by atoms with Gasteiger partial charge in [-0.2, -0.15) is 0 Å². The minimum atomic E-state index is -0.527. The second-order valence-corrected chi connectivity index (χ2v) is 6.41. The Morgan fingerprint density at radius 3 is 2.57 bits per heavy atom.